The van der Waals surface area contributed by atoms with Crippen molar-refractivity contribution in [3.63, 3.8) is 0 Å². The van der Waals surface area contributed by atoms with Crippen LogP contribution >= 0.6 is 50.7 Å². The van der Waals surface area contributed by atoms with Crippen LogP contribution in [0.4, 0.5) is 5.69 Å². The smallest absolute Gasteiger partial charge is 0.252 e. The first-order chi connectivity index (χ1) is 10.8. The van der Waals surface area contributed by atoms with E-state index in [-0.39, 0.29) is 5.91 Å². The molecule has 7 heteroatoms. The fourth-order valence-electron chi connectivity index (χ4n) is 1.83. The summed E-state index contributed by atoms with van der Waals surface area (Å²) in [5.41, 5.74) is 2.32. The molecule has 0 aliphatic carbocycles. The Hall–Kier alpha value is -0.940. The quantitative estimate of drug-likeness (QED) is 0.505. The van der Waals surface area contributed by atoms with Gasteiger partial charge in [-0.1, -0.05) is 68.4 Å². The van der Waals surface area contributed by atoms with Crippen molar-refractivity contribution in [3.8, 4) is 0 Å². The molecule has 0 aliphatic heterocycles. The van der Waals surface area contributed by atoms with Gasteiger partial charge in [0.25, 0.3) is 5.91 Å². The molecule has 0 bridgehead atoms. The van der Waals surface area contributed by atoms with Crippen LogP contribution in [0.1, 0.15) is 15.9 Å². The first kappa shape index (κ1) is 18.4. The largest absolute Gasteiger partial charge is 0.362 e. The number of carbonyl (C=O) groups excluding carboxylic acids is 1. The molecule has 0 heterocycles. The summed E-state index contributed by atoms with van der Waals surface area (Å²) >= 11 is 21.3. The molecule has 122 valence electrons. The molecule has 1 amide bonds. The lowest BCUT2D eigenvalue weighted by Gasteiger charge is -2.27. The van der Waals surface area contributed by atoms with Crippen molar-refractivity contribution in [3.05, 3.63) is 64.1 Å². The third-order valence-corrected chi connectivity index (χ3v) is 4.26. The lowest BCUT2D eigenvalue weighted by Crippen LogP contribution is -2.49. The van der Waals surface area contributed by atoms with Crippen molar-refractivity contribution in [1.82, 2.24) is 5.32 Å². The number of benzene rings is 2. The molecule has 2 aromatic carbocycles. The molecule has 0 fully saturated rings. The molecule has 2 aromatic rings. The summed E-state index contributed by atoms with van der Waals surface area (Å²) in [5, 5.41) is 5.72. The Kier molecular flexibility index (Phi) is 6.20. The van der Waals surface area contributed by atoms with Crippen molar-refractivity contribution in [2.45, 2.75) is 16.9 Å². The Morgan fingerprint density at radius 3 is 2.13 bits per heavy atom. The number of aryl methyl sites for hydroxylation is 1. The summed E-state index contributed by atoms with van der Waals surface area (Å²) in [6, 6.07) is 14.5. The van der Waals surface area contributed by atoms with Crippen LogP contribution in [0.15, 0.2) is 53.0 Å². The lowest BCUT2D eigenvalue weighted by molar-refractivity contribution is 0.0942. The number of alkyl halides is 3. The average molecular weight is 437 g/mol. The molecule has 0 saturated carbocycles. The third-order valence-electron chi connectivity index (χ3n) is 3.07. The first-order valence-electron chi connectivity index (χ1n) is 6.72. The van der Waals surface area contributed by atoms with Crippen LogP contribution in [0.25, 0.3) is 0 Å². The van der Waals surface area contributed by atoms with Crippen molar-refractivity contribution in [2.75, 3.05) is 5.32 Å². The second kappa shape index (κ2) is 7.75. The predicted octanol–water partition coefficient (Wildman–Crippen LogP) is 5.30. The van der Waals surface area contributed by atoms with E-state index in [1.54, 1.807) is 24.3 Å². The van der Waals surface area contributed by atoms with Crippen LogP contribution in [0.5, 0.6) is 0 Å². The molecule has 3 nitrogen and oxygen atoms in total. The van der Waals surface area contributed by atoms with Crippen LogP contribution in [0.2, 0.25) is 0 Å². The molecule has 1 atom stereocenters. The topological polar surface area (TPSA) is 41.1 Å². The maximum Gasteiger partial charge on any atom is 0.252 e. The van der Waals surface area contributed by atoms with Gasteiger partial charge in [-0.05, 0) is 43.3 Å². The van der Waals surface area contributed by atoms with Gasteiger partial charge in [0.15, 0.2) is 0 Å². The van der Waals surface area contributed by atoms with E-state index in [2.05, 4.69) is 26.6 Å². The van der Waals surface area contributed by atoms with Crippen LogP contribution in [0, 0.1) is 6.92 Å². The van der Waals surface area contributed by atoms with E-state index in [0.29, 0.717) is 5.56 Å². The molecule has 0 unspecified atom stereocenters. The van der Waals surface area contributed by atoms with Gasteiger partial charge >= 0.3 is 0 Å². The van der Waals surface area contributed by atoms with Crippen molar-refractivity contribution in [1.29, 1.82) is 0 Å². The number of halogens is 4. The summed E-state index contributed by atoms with van der Waals surface area (Å²) in [6.07, 6.45) is -0.883. The number of carbonyl (C=O) groups is 1. The number of nitrogens with one attached hydrogen (secondary N) is 2. The second-order valence-electron chi connectivity index (χ2n) is 4.97. The number of rotatable bonds is 4. The number of anilines is 1. The molecule has 23 heavy (non-hydrogen) atoms. The summed E-state index contributed by atoms with van der Waals surface area (Å²) in [5.74, 6) is -0.339. The highest BCUT2D eigenvalue weighted by Crippen LogP contribution is 2.31. The Labute approximate surface area is 158 Å². The fraction of sp³-hybridized carbons (Fsp3) is 0.188. The number of hydrogen-bond donors (Lipinski definition) is 2. The van der Waals surface area contributed by atoms with Crippen LogP contribution in [0.3, 0.4) is 0 Å². The molecular formula is C16H14BrCl3N2O. The minimum absolute atomic E-state index is 0.339. The molecule has 0 spiro atoms. The molecule has 0 aromatic heterocycles. The Balaban J connectivity index is 2.14. The Morgan fingerprint density at radius 2 is 1.61 bits per heavy atom. The van der Waals surface area contributed by atoms with Gasteiger partial charge in [0, 0.05) is 15.7 Å². The number of hydrogen-bond acceptors (Lipinski definition) is 2. The summed E-state index contributed by atoms with van der Waals surface area (Å²) in [6.45, 7) is 1.98. The predicted molar refractivity (Wildman–Crippen MR) is 100 cm³/mol. The zero-order chi connectivity index (χ0) is 17.0. The van der Waals surface area contributed by atoms with Gasteiger partial charge in [0.05, 0.1) is 0 Å². The Morgan fingerprint density at radius 1 is 1.04 bits per heavy atom. The first-order valence-corrected chi connectivity index (χ1v) is 8.65. The molecule has 2 N–H and O–H groups in total. The van der Waals surface area contributed by atoms with Gasteiger partial charge in [-0.3, -0.25) is 4.79 Å². The molecule has 0 saturated heterocycles. The van der Waals surface area contributed by atoms with E-state index in [0.717, 1.165) is 15.7 Å². The molecule has 0 radical (unpaired) electrons. The van der Waals surface area contributed by atoms with Gasteiger partial charge in [0.2, 0.25) is 3.79 Å². The summed E-state index contributed by atoms with van der Waals surface area (Å²) in [4.78, 5) is 12.3. The Bertz CT molecular complexity index is 669. The monoisotopic (exact) mass is 434 g/mol. The van der Waals surface area contributed by atoms with Gasteiger partial charge < -0.3 is 10.6 Å². The SMILES string of the molecule is Cc1ccc(N[C@@H](NC(=O)c2ccc(Br)cc2)C(Cl)(Cl)Cl)cc1. The maximum atomic E-state index is 12.3. The van der Waals surface area contributed by atoms with E-state index in [4.69, 9.17) is 34.8 Å². The highest BCUT2D eigenvalue weighted by atomic mass is 79.9. The minimum Gasteiger partial charge on any atom is -0.362 e. The normalized spacial score (nSPS) is 12.6. The van der Waals surface area contributed by atoms with Crippen molar-refractivity contribution < 1.29 is 4.79 Å². The van der Waals surface area contributed by atoms with Gasteiger partial charge in [-0.25, -0.2) is 0 Å². The van der Waals surface area contributed by atoms with Crippen molar-refractivity contribution >= 4 is 62.3 Å². The van der Waals surface area contributed by atoms with Gasteiger partial charge in [-0.2, -0.15) is 0 Å². The molecule has 0 aliphatic rings. The van der Waals surface area contributed by atoms with Crippen LogP contribution in [-0.2, 0) is 0 Å². The fourth-order valence-corrected chi connectivity index (χ4v) is 2.42. The van der Waals surface area contributed by atoms with E-state index < -0.39 is 9.96 Å². The highest BCUT2D eigenvalue weighted by Gasteiger charge is 2.34. The van der Waals surface area contributed by atoms with Gasteiger partial charge in [0.1, 0.15) is 6.17 Å². The van der Waals surface area contributed by atoms with Gasteiger partial charge in [-0.15, -0.1) is 0 Å². The summed E-state index contributed by atoms with van der Waals surface area (Å²) in [7, 11) is 0. The lowest BCUT2D eigenvalue weighted by atomic mass is 10.2. The second-order valence-corrected chi connectivity index (χ2v) is 8.25. The van der Waals surface area contributed by atoms with E-state index in [1.165, 1.54) is 0 Å². The van der Waals surface area contributed by atoms with E-state index >= 15 is 0 Å². The number of amides is 1. The van der Waals surface area contributed by atoms with Crippen molar-refractivity contribution in [2.24, 2.45) is 0 Å². The van der Waals surface area contributed by atoms with E-state index in [1.807, 2.05) is 31.2 Å². The zero-order valence-electron chi connectivity index (χ0n) is 12.1. The van der Waals surface area contributed by atoms with Crippen LogP contribution < -0.4 is 10.6 Å². The molecular weight excluding hydrogens is 422 g/mol. The average Bonchev–Trinajstić information content (AvgIpc) is 2.48. The van der Waals surface area contributed by atoms with Crippen LogP contribution in [-0.4, -0.2) is 15.9 Å². The van der Waals surface area contributed by atoms with E-state index in [9.17, 15) is 4.79 Å². The standard InChI is InChI=1S/C16H14BrCl3N2O/c1-10-2-8-13(9-3-10)21-15(16(18,19)20)22-14(23)11-4-6-12(17)7-5-11/h2-9,15,21H,1H3,(H,22,23)/t15-/m0/s1. The summed E-state index contributed by atoms with van der Waals surface area (Å²) < 4.78 is -0.833. The highest BCUT2D eigenvalue weighted by molar-refractivity contribution is 9.10. The zero-order valence-corrected chi connectivity index (χ0v) is 16.0. The maximum absolute atomic E-state index is 12.3. The minimum atomic E-state index is -1.71. The third kappa shape index (κ3) is 5.57. The molecule has 2 rings (SSSR count).